The molecular formula is C20H31N5O3. The molecule has 154 valence electrons. The smallest absolute Gasteiger partial charge is 0.296 e. The largest absolute Gasteiger partial charge is 0.383 e. The molecule has 8 heteroatoms. The molecule has 1 heterocycles. The molecule has 1 aromatic rings. The number of nitrogens with one attached hydrogen (secondary N) is 2. The van der Waals surface area contributed by atoms with Crippen molar-refractivity contribution in [1.82, 2.24) is 5.32 Å². The molecule has 0 aliphatic carbocycles. The predicted molar refractivity (Wildman–Crippen MR) is 109 cm³/mol. The van der Waals surface area contributed by atoms with Crippen LogP contribution in [0.3, 0.4) is 0 Å². The van der Waals surface area contributed by atoms with Gasteiger partial charge in [0.1, 0.15) is 12.0 Å². The third-order valence-electron chi connectivity index (χ3n) is 4.64. The first-order valence-electron chi connectivity index (χ1n) is 10.00. The Hall–Kier alpha value is -2.51. The Bertz CT molecular complexity index is 820. The summed E-state index contributed by atoms with van der Waals surface area (Å²) in [6.45, 7) is 9.20. The molecule has 2 rings (SSSR count). The average molecular weight is 390 g/mol. The standard InChI is InChI=1S/C20H31N5O3/c1-13(2)11-15(20(26)24-14(3)4)7-5-6-10-21-16-8-9-17(25(27)28)19-18(16)22-12-23-19/h8-9,13-15,21H,5-7,10-12H2,1-4H3,(H,24,26)/t15-/m1/s1. The molecule has 1 aliphatic heterocycles. The monoisotopic (exact) mass is 389 g/mol. The van der Waals surface area contributed by atoms with E-state index in [2.05, 4.69) is 34.5 Å². The zero-order valence-corrected chi connectivity index (χ0v) is 17.2. The summed E-state index contributed by atoms with van der Waals surface area (Å²) in [6, 6.07) is 3.32. The highest BCUT2D eigenvalue weighted by Gasteiger charge is 2.20. The molecule has 8 nitrogen and oxygen atoms in total. The van der Waals surface area contributed by atoms with Crippen LogP contribution in [0.4, 0.5) is 11.4 Å². The molecule has 1 aromatic carbocycles. The summed E-state index contributed by atoms with van der Waals surface area (Å²) in [5.41, 5.74) is 0.771. The lowest BCUT2D eigenvalue weighted by Gasteiger charge is -2.20. The minimum Gasteiger partial charge on any atom is -0.383 e. The highest BCUT2D eigenvalue weighted by molar-refractivity contribution is 5.78. The Balaban J connectivity index is 1.87. The van der Waals surface area contributed by atoms with Gasteiger partial charge in [0.05, 0.1) is 10.6 Å². The van der Waals surface area contributed by atoms with Crippen molar-refractivity contribution in [3.63, 3.8) is 0 Å². The summed E-state index contributed by atoms with van der Waals surface area (Å²) in [4.78, 5) is 31.4. The summed E-state index contributed by atoms with van der Waals surface area (Å²) in [5, 5.41) is 18.4. The van der Waals surface area contributed by atoms with Gasteiger partial charge in [-0.1, -0.05) is 20.3 Å². The van der Waals surface area contributed by atoms with E-state index in [9.17, 15) is 14.9 Å². The molecule has 28 heavy (non-hydrogen) atoms. The van der Waals surface area contributed by atoms with Gasteiger partial charge < -0.3 is 10.6 Å². The van der Waals surface area contributed by atoms with Gasteiger partial charge in [-0.25, -0.2) is 0 Å². The Kier molecular flexibility index (Phi) is 7.90. The van der Waals surface area contributed by atoms with Crippen LogP contribution in [-0.2, 0) is 4.79 Å². The summed E-state index contributed by atoms with van der Waals surface area (Å²) >= 11 is 0. The van der Waals surface area contributed by atoms with Gasteiger partial charge in [-0.3, -0.25) is 24.9 Å². The zero-order chi connectivity index (χ0) is 20.7. The Morgan fingerprint density at radius 2 is 1.89 bits per heavy atom. The molecule has 1 atom stereocenters. The van der Waals surface area contributed by atoms with E-state index in [1.165, 1.54) is 6.07 Å². The van der Waals surface area contributed by atoms with E-state index < -0.39 is 4.92 Å². The molecule has 2 N–H and O–H groups in total. The first-order valence-corrected chi connectivity index (χ1v) is 10.00. The van der Waals surface area contributed by atoms with Gasteiger partial charge in [0, 0.05) is 24.6 Å². The van der Waals surface area contributed by atoms with E-state index >= 15 is 0 Å². The number of hydrogen-bond donors (Lipinski definition) is 2. The fourth-order valence-corrected chi connectivity index (χ4v) is 3.42. The second-order valence-corrected chi connectivity index (χ2v) is 7.96. The molecule has 1 aliphatic rings. The van der Waals surface area contributed by atoms with Gasteiger partial charge in [0.15, 0.2) is 5.36 Å². The van der Waals surface area contributed by atoms with Gasteiger partial charge >= 0.3 is 0 Å². The normalized spacial score (nSPS) is 13.6. The van der Waals surface area contributed by atoms with Crippen LogP contribution in [0.5, 0.6) is 0 Å². The quantitative estimate of drug-likeness (QED) is 0.344. The van der Waals surface area contributed by atoms with Crippen molar-refractivity contribution in [3.8, 4) is 0 Å². The lowest BCUT2D eigenvalue weighted by molar-refractivity contribution is -0.386. The fraction of sp³-hybridized carbons (Fsp3) is 0.650. The molecule has 0 fully saturated rings. The van der Waals surface area contributed by atoms with Crippen molar-refractivity contribution < 1.29 is 9.72 Å². The molecule has 0 bridgehead atoms. The van der Waals surface area contributed by atoms with Crippen molar-refractivity contribution >= 4 is 17.3 Å². The third kappa shape index (κ3) is 6.00. The van der Waals surface area contributed by atoms with Gasteiger partial charge in [-0.15, -0.1) is 0 Å². The number of nitro groups is 1. The molecule has 0 spiro atoms. The van der Waals surface area contributed by atoms with Crippen molar-refractivity contribution in [2.45, 2.75) is 59.4 Å². The van der Waals surface area contributed by atoms with Gasteiger partial charge in [0.25, 0.3) is 5.69 Å². The number of rotatable bonds is 11. The lowest BCUT2D eigenvalue weighted by Crippen LogP contribution is -2.36. The van der Waals surface area contributed by atoms with Crippen LogP contribution < -0.4 is 21.3 Å². The number of fused-ring (bicyclic) bond motifs is 1. The van der Waals surface area contributed by atoms with Crippen LogP contribution in [0.15, 0.2) is 22.1 Å². The van der Waals surface area contributed by atoms with Crippen LogP contribution in [-0.4, -0.2) is 30.1 Å². The first-order chi connectivity index (χ1) is 13.3. The average Bonchev–Trinajstić information content (AvgIpc) is 3.09. The van der Waals surface area contributed by atoms with Gasteiger partial charge in [-0.05, 0) is 45.1 Å². The number of unbranched alkanes of at least 4 members (excludes halogenated alkanes) is 1. The van der Waals surface area contributed by atoms with Gasteiger partial charge in [0.2, 0.25) is 5.91 Å². The topological polar surface area (TPSA) is 109 Å². The minimum absolute atomic E-state index is 0.00510. The van der Waals surface area contributed by atoms with Crippen LogP contribution in [0.1, 0.15) is 53.4 Å². The second kappa shape index (κ2) is 10.1. The van der Waals surface area contributed by atoms with E-state index in [1.807, 2.05) is 13.8 Å². The molecular weight excluding hydrogens is 358 g/mol. The van der Waals surface area contributed by atoms with E-state index in [0.717, 1.165) is 37.9 Å². The predicted octanol–water partition coefficient (Wildman–Crippen LogP) is 2.57. The first kappa shape index (κ1) is 21.8. The number of carbonyl (C=O) groups excluding carboxylic acids is 1. The van der Waals surface area contributed by atoms with Crippen LogP contribution >= 0.6 is 0 Å². The number of anilines is 1. The molecule has 1 amide bonds. The Morgan fingerprint density at radius 1 is 1.18 bits per heavy atom. The number of benzene rings is 1. The maximum absolute atomic E-state index is 12.4. The SMILES string of the molecule is CC(C)C[C@@H](CCCCNc1ccc([N+](=O)[O-])c2c1=NCN=2)C(=O)NC(C)C. The number of non-ortho nitro benzene ring substituents is 1. The van der Waals surface area contributed by atoms with Crippen molar-refractivity contribution in [2.24, 2.45) is 21.8 Å². The van der Waals surface area contributed by atoms with Crippen LogP contribution in [0, 0.1) is 22.0 Å². The highest BCUT2D eigenvalue weighted by atomic mass is 16.6. The van der Waals surface area contributed by atoms with Crippen molar-refractivity contribution in [3.05, 3.63) is 33.0 Å². The molecule has 0 aromatic heterocycles. The van der Waals surface area contributed by atoms with Crippen LogP contribution in [0.25, 0.3) is 0 Å². The number of nitrogens with zero attached hydrogens (tertiary/aromatic N) is 3. The highest BCUT2D eigenvalue weighted by Crippen LogP contribution is 2.19. The molecule has 0 radical (unpaired) electrons. The Labute approximate surface area is 165 Å². The third-order valence-corrected chi connectivity index (χ3v) is 4.64. The molecule has 0 unspecified atom stereocenters. The van der Waals surface area contributed by atoms with E-state index in [1.54, 1.807) is 6.07 Å². The molecule has 0 saturated carbocycles. The second-order valence-electron chi connectivity index (χ2n) is 7.96. The van der Waals surface area contributed by atoms with E-state index in [-0.39, 0.29) is 30.2 Å². The number of nitro benzene ring substituents is 1. The van der Waals surface area contributed by atoms with Crippen molar-refractivity contribution in [2.75, 3.05) is 18.5 Å². The Morgan fingerprint density at radius 3 is 2.54 bits per heavy atom. The number of amides is 1. The van der Waals surface area contributed by atoms with E-state index in [4.69, 9.17) is 0 Å². The number of carbonyl (C=O) groups is 1. The van der Waals surface area contributed by atoms with E-state index in [0.29, 0.717) is 16.6 Å². The summed E-state index contributed by atoms with van der Waals surface area (Å²) in [7, 11) is 0. The minimum atomic E-state index is -0.427. The fourth-order valence-electron chi connectivity index (χ4n) is 3.42. The van der Waals surface area contributed by atoms with Crippen molar-refractivity contribution in [1.29, 1.82) is 0 Å². The van der Waals surface area contributed by atoms with Gasteiger partial charge in [-0.2, -0.15) is 0 Å². The summed E-state index contributed by atoms with van der Waals surface area (Å²) in [6.07, 6.45) is 3.60. The summed E-state index contributed by atoms with van der Waals surface area (Å²) < 4.78 is 0. The number of hydrogen-bond acceptors (Lipinski definition) is 6. The summed E-state index contributed by atoms with van der Waals surface area (Å²) in [5.74, 6) is 0.666. The maximum atomic E-state index is 12.4. The lowest BCUT2D eigenvalue weighted by atomic mass is 9.91. The molecule has 0 saturated heterocycles. The maximum Gasteiger partial charge on any atom is 0.296 e. The van der Waals surface area contributed by atoms with Crippen LogP contribution in [0.2, 0.25) is 0 Å². The zero-order valence-electron chi connectivity index (χ0n) is 17.2.